The molecule has 0 aromatic rings. The highest BCUT2D eigenvalue weighted by Gasteiger charge is 2.21. The number of nitrogens with zero attached hydrogens (tertiary/aromatic N) is 1. The van der Waals surface area contributed by atoms with Crippen LogP contribution in [-0.2, 0) is 14.4 Å². The monoisotopic (exact) mass is 208 g/mol. The molecule has 0 saturated carbocycles. The second-order valence-corrected chi connectivity index (χ2v) is 3.51. The Morgan fingerprint density at radius 1 is 1.13 bits per heavy atom. The Kier molecular flexibility index (Phi) is 4.21. The van der Waals surface area contributed by atoms with E-state index in [2.05, 4.69) is 6.92 Å². The molecule has 0 spiro atoms. The Morgan fingerprint density at radius 2 is 1.73 bits per heavy atom. The summed E-state index contributed by atoms with van der Waals surface area (Å²) in [6.45, 7) is 3.71. The SMILES string of the molecule is [CH2]C(=O)CCCCCN1C(=O)C=CC1=O. The van der Waals surface area contributed by atoms with Gasteiger partial charge < -0.3 is 0 Å². The number of rotatable bonds is 6. The molecule has 2 amide bonds. The van der Waals surface area contributed by atoms with Gasteiger partial charge in [-0.15, -0.1) is 0 Å². The first kappa shape index (κ1) is 11.6. The van der Waals surface area contributed by atoms with E-state index in [0.29, 0.717) is 13.0 Å². The Balaban J connectivity index is 2.13. The smallest absolute Gasteiger partial charge is 0.253 e. The van der Waals surface area contributed by atoms with Gasteiger partial charge in [0.2, 0.25) is 0 Å². The molecular formula is C11H14NO3. The van der Waals surface area contributed by atoms with Crippen molar-refractivity contribution in [3.63, 3.8) is 0 Å². The van der Waals surface area contributed by atoms with E-state index in [4.69, 9.17) is 0 Å². The van der Waals surface area contributed by atoms with E-state index in [-0.39, 0.29) is 17.6 Å². The predicted molar refractivity (Wildman–Crippen MR) is 54.7 cm³/mol. The Hall–Kier alpha value is -1.45. The average molecular weight is 208 g/mol. The number of carbonyl (C=O) groups excluding carboxylic acids is 3. The molecule has 0 N–H and O–H groups in total. The summed E-state index contributed by atoms with van der Waals surface area (Å²) in [6.07, 6.45) is 5.38. The third-order valence-corrected chi connectivity index (χ3v) is 2.24. The van der Waals surface area contributed by atoms with Crippen molar-refractivity contribution in [3.8, 4) is 0 Å². The van der Waals surface area contributed by atoms with Crippen molar-refractivity contribution in [2.24, 2.45) is 0 Å². The minimum Gasteiger partial charge on any atom is -0.300 e. The van der Waals surface area contributed by atoms with Crippen LogP contribution in [0.25, 0.3) is 0 Å². The molecule has 1 heterocycles. The maximum absolute atomic E-state index is 11.1. The quantitative estimate of drug-likeness (QED) is 0.481. The van der Waals surface area contributed by atoms with Crippen molar-refractivity contribution in [2.75, 3.05) is 6.54 Å². The molecule has 1 rings (SSSR count). The Bertz CT molecular complexity index is 289. The molecule has 0 aliphatic carbocycles. The van der Waals surface area contributed by atoms with Crippen molar-refractivity contribution in [3.05, 3.63) is 19.1 Å². The van der Waals surface area contributed by atoms with Crippen molar-refractivity contribution < 1.29 is 14.4 Å². The summed E-state index contributed by atoms with van der Waals surface area (Å²) in [5, 5.41) is 0. The van der Waals surface area contributed by atoms with Crippen LogP contribution in [-0.4, -0.2) is 29.0 Å². The maximum Gasteiger partial charge on any atom is 0.253 e. The van der Waals surface area contributed by atoms with E-state index < -0.39 is 0 Å². The van der Waals surface area contributed by atoms with Crippen LogP contribution in [0.5, 0.6) is 0 Å². The highest BCUT2D eigenvalue weighted by atomic mass is 16.2. The molecule has 1 aliphatic rings. The topological polar surface area (TPSA) is 54.5 Å². The minimum atomic E-state index is -0.242. The summed E-state index contributed by atoms with van der Waals surface area (Å²) in [7, 11) is 0. The summed E-state index contributed by atoms with van der Waals surface area (Å²) in [5.74, 6) is -0.550. The van der Waals surface area contributed by atoms with Gasteiger partial charge >= 0.3 is 0 Å². The van der Waals surface area contributed by atoms with Gasteiger partial charge in [-0.3, -0.25) is 19.3 Å². The molecule has 4 nitrogen and oxygen atoms in total. The Labute approximate surface area is 88.9 Å². The molecule has 4 heteroatoms. The van der Waals surface area contributed by atoms with Gasteiger partial charge in [0.25, 0.3) is 11.8 Å². The van der Waals surface area contributed by atoms with Gasteiger partial charge in [-0.25, -0.2) is 0 Å². The van der Waals surface area contributed by atoms with E-state index in [1.54, 1.807) is 0 Å². The van der Waals surface area contributed by atoms with Gasteiger partial charge in [0.15, 0.2) is 0 Å². The molecule has 0 aromatic carbocycles. The van der Waals surface area contributed by atoms with Gasteiger partial charge in [0.05, 0.1) is 0 Å². The normalized spacial score (nSPS) is 15.1. The molecule has 81 valence electrons. The van der Waals surface area contributed by atoms with E-state index in [9.17, 15) is 14.4 Å². The highest BCUT2D eigenvalue weighted by Crippen LogP contribution is 2.07. The number of amides is 2. The van der Waals surface area contributed by atoms with Crippen LogP contribution in [0, 0.1) is 6.92 Å². The number of Topliss-reactive ketones (excluding diaryl/α,β-unsaturated/α-hetero) is 1. The number of hydrogen-bond donors (Lipinski definition) is 0. The lowest BCUT2D eigenvalue weighted by atomic mass is 10.1. The van der Waals surface area contributed by atoms with Crippen LogP contribution >= 0.6 is 0 Å². The molecule has 1 radical (unpaired) electrons. The lowest BCUT2D eigenvalue weighted by Gasteiger charge is -2.12. The van der Waals surface area contributed by atoms with Crippen LogP contribution < -0.4 is 0 Å². The number of unbranched alkanes of at least 4 members (excludes halogenated alkanes) is 2. The van der Waals surface area contributed by atoms with Gasteiger partial charge in [0.1, 0.15) is 5.78 Å². The van der Waals surface area contributed by atoms with Crippen molar-refractivity contribution >= 4 is 17.6 Å². The predicted octanol–water partition coefficient (Wildman–Crippen LogP) is 0.875. The number of imide groups is 1. The standard InChI is InChI=1S/C11H14NO3/c1-9(13)5-3-2-4-8-12-10(14)6-7-11(12)15/h6-7H,1-5,8H2. The summed E-state index contributed by atoms with van der Waals surface area (Å²) in [6, 6.07) is 0. The molecule has 0 bridgehead atoms. The van der Waals surface area contributed by atoms with E-state index >= 15 is 0 Å². The van der Waals surface area contributed by atoms with Crippen LogP contribution in [0.4, 0.5) is 0 Å². The Morgan fingerprint density at radius 3 is 2.27 bits per heavy atom. The molecule has 0 saturated heterocycles. The van der Waals surface area contributed by atoms with Gasteiger partial charge in [-0.1, -0.05) is 6.42 Å². The molecule has 15 heavy (non-hydrogen) atoms. The highest BCUT2D eigenvalue weighted by molar-refractivity contribution is 6.12. The summed E-state index contributed by atoms with van der Waals surface area (Å²) in [4.78, 5) is 34.0. The van der Waals surface area contributed by atoms with Crippen molar-refractivity contribution in [1.29, 1.82) is 0 Å². The molecule has 0 atom stereocenters. The molecule has 0 aromatic heterocycles. The van der Waals surface area contributed by atoms with E-state index in [1.165, 1.54) is 17.1 Å². The number of hydrogen-bond acceptors (Lipinski definition) is 3. The van der Waals surface area contributed by atoms with Gasteiger partial charge in [0, 0.05) is 32.0 Å². The zero-order valence-electron chi connectivity index (χ0n) is 8.57. The van der Waals surface area contributed by atoms with Crippen LogP contribution in [0.15, 0.2) is 12.2 Å². The fraction of sp³-hybridized carbons (Fsp3) is 0.455. The lowest BCUT2D eigenvalue weighted by Crippen LogP contribution is -2.30. The van der Waals surface area contributed by atoms with Gasteiger partial charge in [-0.05, 0) is 12.8 Å². The first-order chi connectivity index (χ1) is 7.11. The second-order valence-electron chi connectivity index (χ2n) is 3.51. The number of ketones is 1. The average Bonchev–Trinajstić information content (AvgIpc) is 2.47. The lowest BCUT2D eigenvalue weighted by molar-refractivity contribution is -0.136. The summed E-state index contributed by atoms with van der Waals surface area (Å²) in [5.41, 5.74) is 0. The van der Waals surface area contributed by atoms with Crippen molar-refractivity contribution in [2.45, 2.75) is 25.7 Å². The minimum absolute atomic E-state index is 0.0648. The largest absolute Gasteiger partial charge is 0.300 e. The zero-order valence-corrected chi connectivity index (χ0v) is 8.57. The first-order valence-corrected chi connectivity index (χ1v) is 4.99. The molecular weight excluding hydrogens is 194 g/mol. The van der Waals surface area contributed by atoms with Crippen molar-refractivity contribution in [1.82, 2.24) is 4.90 Å². The third-order valence-electron chi connectivity index (χ3n) is 2.24. The number of carbonyl (C=O) groups is 3. The second kappa shape index (κ2) is 5.44. The van der Waals surface area contributed by atoms with Crippen LogP contribution in [0.3, 0.4) is 0 Å². The third kappa shape index (κ3) is 3.65. The zero-order chi connectivity index (χ0) is 11.3. The van der Waals surface area contributed by atoms with Gasteiger partial charge in [-0.2, -0.15) is 0 Å². The fourth-order valence-electron chi connectivity index (χ4n) is 1.42. The van der Waals surface area contributed by atoms with Crippen LogP contribution in [0.1, 0.15) is 25.7 Å². The van der Waals surface area contributed by atoms with Crippen LogP contribution in [0.2, 0.25) is 0 Å². The fourth-order valence-corrected chi connectivity index (χ4v) is 1.42. The molecule has 0 fully saturated rings. The van der Waals surface area contributed by atoms with E-state index in [0.717, 1.165) is 19.3 Å². The maximum atomic E-state index is 11.1. The summed E-state index contributed by atoms with van der Waals surface area (Å²) < 4.78 is 0. The first-order valence-electron chi connectivity index (χ1n) is 4.99. The summed E-state index contributed by atoms with van der Waals surface area (Å²) >= 11 is 0. The van der Waals surface area contributed by atoms with E-state index in [1.807, 2.05) is 0 Å². The molecule has 0 unspecified atom stereocenters. The molecule has 1 aliphatic heterocycles.